The predicted octanol–water partition coefficient (Wildman–Crippen LogP) is 3.16. The third-order valence-corrected chi connectivity index (χ3v) is 3.92. The Hall–Kier alpha value is -1.40. The van der Waals surface area contributed by atoms with E-state index in [9.17, 15) is 0 Å². The number of nitrogens with zero attached hydrogens (tertiary/aromatic N) is 3. The van der Waals surface area contributed by atoms with Crippen LogP contribution < -0.4 is 10.1 Å². The summed E-state index contributed by atoms with van der Waals surface area (Å²) in [6.07, 6.45) is 2.86. The van der Waals surface area contributed by atoms with E-state index in [1.807, 2.05) is 16.9 Å². The van der Waals surface area contributed by atoms with Crippen LogP contribution in [0.2, 0.25) is 0 Å². The summed E-state index contributed by atoms with van der Waals surface area (Å²) >= 11 is 3.55. The van der Waals surface area contributed by atoms with Crippen LogP contribution in [0, 0.1) is 0 Å². The molecule has 21 heavy (non-hydrogen) atoms. The summed E-state index contributed by atoms with van der Waals surface area (Å²) in [5, 5.41) is 11.7. The Morgan fingerprint density at radius 1 is 1.38 bits per heavy atom. The molecule has 0 aliphatic heterocycles. The Morgan fingerprint density at radius 3 is 2.81 bits per heavy atom. The van der Waals surface area contributed by atoms with Crippen molar-refractivity contribution in [3.8, 4) is 5.75 Å². The number of rotatable bonds is 7. The number of aryl methyl sites for hydroxylation is 1. The zero-order valence-corrected chi connectivity index (χ0v) is 14.2. The molecule has 0 amide bonds. The van der Waals surface area contributed by atoms with Gasteiger partial charge in [0.1, 0.15) is 5.75 Å². The number of benzene rings is 1. The van der Waals surface area contributed by atoms with E-state index in [1.54, 1.807) is 7.11 Å². The molecule has 0 saturated carbocycles. The lowest BCUT2D eigenvalue weighted by molar-refractivity contribution is 0.411. The molecule has 0 radical (unpaired) electrons. The van der Waals surface area contributed by atoms with Crippen LogP contribution in [-0.4, -0.2) is 28.6 Å². The first-order valence-electron chi connectivity index (χ1n) is 7.16. The zero-order chi connectivity index (χ0) is 15.2. The summed E-state index contributed by atoms with van der Waals surface area (Å²) in [4.78, 5) is 0. The summed E-state index contributed by atoms with van der Waals surface area (Å²) in [6, 6.07) is 6.19. The van der Waals surface area contributed by atoms with E-state index in [0.29, 0.717) is 0 Å². The molecule has 2 aromatic rings. The first kappa shape index (κ1) is 16.0. The van der Waals surface area contributed by atoms with Crippen molar-refractivity contribution >= 4 is 15.9 Å². The highest BCUT2D eigenvalue weighted by Crippen LogP contribution is 2.30. The Labute approximate surface area is 133 Å². The number of ether oxygens (including phenoxy) is 1. The second kappa shape index (κ2) is 7.56. The molecule has 1 aromatic carbocycles. The van der Waals surface area contributed by atoms with Crippen molar-refractivity contribution < 1.29 is 4.74 Å². The minimum Gasteiger partial charge on any atom is -0.496 e. The quantitative estimate of drug-likeness (QED) is 0.831. The van der Waals surface area contributed by atoms with Crippen LogP contribution in [0.25, 0.3) is 0 Å². The van der Waals surface area contributed by atoms with Gasteiger partial charge in [0.25, 0.3) is 0 Å². The van der Waals surface area contributed by atoms with Gasteiger partial charge in [0.05, 0.1) is 29.5 Å². The molecule has 0 bridgehead atoms. The zero-order valence-electron chi connectivity index (χ0n) is 12.6. The van der Waals surface area contributed by atoms with Gasteiger partial charge in [-0.2, -0.15) is 0 Å². The molecule has 114 valence electrons. The first-order chi connectivity index (χ1) is 10.2. The van der Waals surface area contributed by atoms with E-state index >= 15 is 0 Å². The highest BCUT2D eigenvalue weighted by Gasteiger charge is 2.19. The van der Waals surface area contributed by atoms with E-state index in [-0.39, 0.29) is 6.04 Å². The number of hydrogen-bond acceptors (Lipinski definition) is 4. The molecule has 0 fully saturated rings. The molecule has 1 unspecified atom stereocenters. The van der Waals surface area contributed by atoms with Crippen LogP contribution in [0.4, 0.5) is 0 Å². The van der Waals surface area contributed by atoms with Gasteiger partial charge in [-0.1, -0.05) is 25.1 Å². The third kappa shape index (κ3) is 3.63. The van der Waals surface area contributed by atoms with E-state index in [0.717, 1.165) is 41.0 Å². The molecule has 6 heteroatoms. The topological polar surface area (TPSA) is 52.0 Å². The summed E-state index contributed by atoms with van der Waals surface area (Å²) in [7, 11) is 1.67. The molecule has 1 aromatic heterocycles. The first-order valence-corrected chi connectivity index (χ1v) is 7.95. The fraction of sp³-hybridized carbons (Fsp3) is 0.467. The van der Waals surface area contributed by atoms with Gasteiger partial charge in [-0.15, -0.1) is 5.10 Å². The van der Waals surface area contributed by atoms with Crippen molar-refractivity contribution in [3.05, 3.63) is 40.1 Å². The lowest BCUT2D eigenvalue weighted by Gasteiger charge is -2.20. The molecular formula is C15H21BrN4O. The molecule has 5 nitrogen and oxygen atoms in total. The molecule has 1 N–H and O–H groups in total. The number of halogens is 1. The Balaban J connectivity index is 2.38. The van der Waals surface area contributed by atoms with Crippen molar-refractivity contribution in [2.75, 3.05) is 13.7 Å². The molecule has 0 aliphatic carbocycles. The fourth-order valence-corrected chi connectivity index (χ4v) is 2.89. The summed E-state index contributed by atoms with van der Waals surface area (Å²) < 4.78 is 8.20. The second-order valence-corrected chi connectivity index (χ2v) is 5.62. The summed E-state index contributed by atoms with van der Waals surface area (Å²) in [5.41, 5.74) is 2.24. The van der Waals surface area contributed by atoms with Gasteiger partial charge in [-0.3, -0.25) is 0 Å². The standard InChI is InChI=1S/C15H21BrN4O/c1-4-8-20-13(10-18-19-20)15(17-5-2)11-6-7-14(21-3)12(16)9-11/h6-7,9-10,15,17H,4-5,8H2,1-3H3. The highest BCUT2D eigenvalue weighted by atomic mass is 79.9. The molecule has 0 aliphatic rings. The maximum atomic E-state index is 5.30. The van der Waals surface area contributed by atoms with E-state index < -0.39 is 0 Å². The van der Waals surface area contributed by atoms with Crippen LogP contribution >= 0.6 is 15.9 Å². The average Bonchev–Trinajstić information content (AvgIpc) is 2.93. The molecule has 1 atom stereocenters. The molecule has 2 rings (SSSR count). The number of aromatic nitrogens is 3. The van der Waals surface area contributed by atoms with Gasteiger partial charge in [-0.25, -0.2) is 4.68 Å². The minimum absolute atomic E-state index is 0.0683. The van der Waals surface area contributed by atoms with Crippen LogP contribution in [0.15, 0.2) is 28.9 Å². The maximum absolute atomic E-state index is 5.30. The Morgan fingerprint density at radius 2 is 2.19 bits per heavy atom. The van der Waals surface area contributed by atoms with E-state index in [1.165, 1.54) is 0 Å². The smallest absolute Gasteiger partial charge is 0.133 e. The molecule has 1 heterocycles. The molecule has 0 saturated heterocycles. The molecular weight excluding hydrogens is 332 g/mol. The van der Waals surface area contributed by atoms with Gasteiger partial charge < -0.3 is 10.1 Å². The third-order valence-electron chi connectivity index (χ3n) is 3.30. The predicted molar refractivity (Wildman–Crippen MR) is 86.5 cm³/mol. The van der Waals surface area contributed by atoms with E-state index in [2.05, 4.69) is 57.5 Å². The van der Waals surface area contributed by atoms with Crippen molar-refractivity contribution in [2.45, 2.75) is 32.9 Å². The van der Waals surface area contributed by atoms with Gasteiger partial charge in [-0.05, 0) is 46.6 Å². The van der Waals surface area contributed by atoms with Crippen LogP contribution in [0.3, 0.4) is 0 Å². The minimum atomic E-state index is 0.0683. The van der Waals surface area contributed by atoms with Gasteiger partial charge in [0.2, 0.25) is 0 Å². The number of hydrogen-bond donors (Lipinski definition) is 1. The van der Waals surface area contributed by atoms with Crippen molar-refractivity contribution in [2.24, 2.45) is 0 Å². The monoisotopic (exact) mass is 352 g/mol. The number of nitrogens with one attached hydrogen (secondary N) is 1. The summed E-state index contributed by atoms with van der Waals surface area (Å²) in [5.74, 6) is 0.828. The van der Waals surface area contributed by atoms with Crippen LogP contribution in [-0.2, 0) is 6.54 Å². The normalized spacial score (nSPS) is 12.4. The Kier molecular flexibility index (Phi) is 5.76. The fourth-order valence-electron chi connectivity index (χ4n) is 2.33. The highest BCUT2D eigenvalue weighted by molar-refractivity contribution is 9.10. The van der Waals surface area contributed by atoms with Crippen LogP contribution in [0.1, 0.15) is 37.6 Å². The van der Waals surface area contributed by atoms with Gasteiger partial charge in [0.15, 0.2) is 0 Å². The van der Waals surface area contributed by atoms with Crippen LogP contribution in [0.5, 0.6) is 5.75 Å². The van der Waals surface area contributed by atoms with Crippen molar-refractivity contribution in [1.29, 1.82) is 0 Å². The van der Waals surface area contributed by atoms with Gasteiger partial charge >= 0.3 is 0 Å². The van der Waals surface area contributed by atoms with Gasteiger partial charge in [0, 0.05) is 6.54 Å². The lowest BCUT2D eigenvalue weighted by atomic mass is 10.0. The Bertz CT molecular complexity index is 585. The average molecular weight is 353 g/mol. The molecule has 0 spiro atoms. The van der Waals surface area contributed by atoms with Crippen molar-refractivity contribution in [3.63, 3.8) is 0 Å². The summed E-state index contributed by atoms with van der Waals surface area (Å²) in [6.45, 7) is 5.97. The maximum Gasteiger partial charge on any atom is 0.133 e. The number of methoxy groups -OCH3 is 1. The largest absolute Gasteiger partial charge is 0.496 e. The van der Waals surface area contributed by atoms with E-state index in [4.69, 9.17) is 4.74 Å². The second-order valence-electron chi connectivity index (χ2n) is 4.77. The SMILES string of the molecule is CCCn1nncc1C(NCC)c1ccc(OC)c(Br)c1. The van der Waals surface area contributed by atoms with Crippen molar-refractivity contribution in [1.82, 2.24) is 20.3 Å². The lowest BCUT2D eigenvalue weighted by Crippen LogP contribution is -2.25.